The highest BCUT2D eigenvalue weighted by Crippen LogP contribution is 2.38. The molecule has 0 aromatic heterocycles. The number of aliphatic hydroxyl groups excluding tert-OH is 2. The van der Waals surface area contributed by atoms with E-state index in [4.69, 9.17) is 9.47 Å². The summed E-state index contributed by atoms with van der Waals surface area (Å²) in [5.41, 5.74) is 1.40. The molecule has 1 fully saturated rings. The third-order valence-corrected chi connectivity index (χ3v) is 5.26. The van der Waals surface area contributed by atoms with Crippen molar-refractivity contribution in [1.29, 1.82) is 0 Å². The number of ether oxygens (including phenoxy) is 2. The Labute approximate surface area is 174 Å². The van der Waals surface area contributed by atoms with Gasteiger partial charge >= 0.3 is 6.09 Å². The van der Waals surface area contributed by atoms with Crippen LogP contribution in [0.15, 0.2) is 42.5 Å². The number of carbonyl (C=O) groups excluding carboxylic acids is 1. The van der Waals surface area contributed by atoms with Gasteiger partial charge in [-0.15, -0.1) is 0 Å². The summed E-state index contributed by atoms with van der Waals surface area (Å²) < 4.78 is 11.4. The lowest BCUT2D eigenvalue weighted by Crippen LogP contribution is -2.48. The second-order valence-corrected chi connectivity index (χ2v) is 8.82. The molecule has 1 saturated heterocycles. The summed E-state index contributed by atoms with van der Waals surface area (Å²) in [5.74, 6) is -0.0630. The van der Waals surface area contributed by atoms with Crippen LogP contribution in [0.25, 0.3) is 0 Å². The van der Waals surface area contributed by atoms with E-state index in [1.807, 2.05) is 58.0 Å². The summed E-state index contributed by atoms with van der Waals surface area (Å²) >= 11 is 0. The Morgan fingerprint density at radius 2 is 1.97 bits per heavy atom. The van der Waals surface area contributed by atoms with Crippen LogP contribution in [0, 0.1) is 11.8 Å². The van der Waals surface area contributed by atoms with Gasteiger partial charge in [0.2, 0.25) is 0 Å². The summed E-state index contributed by atoms with van der Waals surface area (Å²) in [4.78, 5) is 14.3. The monoisotopic (exact) mass is 405 g/mol. The Kier molecular flexibility index (Phi) is 8.25. The van der Waals surface area contributed by atoms with Gasteiger partial charge in [-0.2, -0.15) is 0 Å². The molecule has 1 aliphatic rings. The molecule has 1 amide bonds. The molecule has 1 aromatic carbocycles. The van der Waals surface area contributed by atoms with Crippen LogP contribution in [0.1, 0.15) is 39.7 Å². The van der Waals surface area contributed by atoms with E-state index in [0.29, 0.717) is 26.2 Å². The predicted octanol–water partition coefficient (Wildman–Crippen LogP) is 3.37. The van der Waals surface area contributed by atoms with Crippen LogP contribution < -0.4 is 0 Å². The van der Waals surface area contributed by atoms with Crippen molar-refractivity contribution in [2.75, 3.05) is 19.8 Å². The molecule has 162 valence electrons. The number of rotatable bonds is 8. The maximum Gasteiger partial charge on any atom is 0.410 e. The first-order chi connectivity index (χ1) is 13.6. The van der Waals surface area contributed by atoms with Gasteiger partial charge in [0.15, 0.2) is 0 Å². The molecule has 6 nitrogen and oxygen atoms in total. The van der Waals surface area contributed by atoms with Gasteiger partial charge in [-0.1, -0.05) is 42.5 Å². The summed E-state index contributed by atoms with van der Waals surface area (Å²) in [6, 6.07) is 9.38. The SMILES string of the molecule is C=C(C)[C@H]1CN(C(=O)OC(C)(C)C)[C@H]([C@H](O)CO)[C@H]1CCOCc1ccccc1. The third kappa shape index (κ3) is 6.56. The summed E-state index contributed by atoms with van der Waals surface area (Å²) in [6.07, 6.45) is -0.884. The zero-order valence-electron chi connectivity index (χ0n) is 18.0. The topological polar surface area (TPSA) is 79.2 Å². The molecule has 4 atom stereocenters. The summed E-state index contributed by atoms with van der Waals surface area (Å²) in [7, 11) is 0. The highest BCUT2D eigenvalue weighted by Gasteiger charge is 2.48. The van der Waals surface area contributed by atoms with Gasteiger partial charge in [0.1, 0.15) is 5.60 Å². The predicted molar refractivity (Wildman–Crippen MR) is 112 cm³/mol. The van der Waals surface area contributed by atoms with Gasteiger partial charge in [-0.3, -0.25) is 0 Å². The lowest BCUT2D eigenvalue weighted by Gasteiger charge is -2.33. The first kappa shape index (κ1) is 23.4. The van der Waals surface area contributed by atoms with Crippen molar-refractivity contribution in [2.24, 2.45) is 11.8 Å². The summed E-state index contributed by atoms with van der Waals surface area (Å²) in [5, 5.41) is 20.1. The average Bonchev–Trinajstić information content (AvgIpc) is 3.04. The number of likely N-dealkylation sites (tertiary alicyclic amines) is 1. The second-order valence-electron chi connectivity index (χ2n) is 8.82. The van der Waals surface area contributed by atoms with Crippen molar-refractivity contribution in [3.8, 4) is 0 Å². The first-order valence-corrected chi connectivity index (χ1v) is 10.2. The minimum atomic E-state index is -1.05. The molecule has 0 unspecified atom stereocenters. The van der Waals surface area contributed by atoms with Crippen molar-refractivity contribution in [3.63, 3.8) is 0 Å². The maximum absolute atomic E-state index is 12.8. The van der Waals surface area contributed by atoms with Crippen LogP contribution in [0.4, 0.5) is 4.79 Å². The first-order valence-electron chi connectivity index (χ1n) is 10.2. The van der Waals surface area contributed by atoms with Gasteiger partial charge in [0, 0.05) is 19.1 Å². The maximum atomic E-state index is 12.8. The highest BCUT2D eigenvalue weighted by molar-refractivity contribution is 5.69. The minimum Gasteiger partial charge on any atom is -0.444 e. The van der Waals surface area contributed by atoms with E-state index in [9.17, 15) is 15.0 Å². The van der Waals surface area contributed by atoms with E-state index in [-0.39, 0.29) is 11.8 Å². The van der Waals surface area contributed by atoms with Gasteiger partial charge in [-0.25, -0.2) is 4.79 Å². The van der Waals surface area contributed by atoms with E-state index in [0.717, 1.165) is 11.1 Å². The van der Waals surface area contributed by atoms with Gasteiger partial charge in [0.25, 0.3) is 0 Å². The number of amides is 1. The van der Waals surface area contributed by atoms with E-state index in [1.165, 1.54) is 0 Å². The molecule has 1 aromatic rings. The van der Waals surface area contributed by atoms with Crippen LogP contribution in [0.3, 0.4) is 0 Å². The number of hydrogen-bond acceptors (Lipinski definition) is 5. The zero-order valence-corrected chi connectivity index (χ0v) is 18.0. The molecule has 0 radical (unpaired) electrons. The number of benzene rings is 1. The van der Waals surface area contributed by atoms with Crippen molar-refractivity contribution >= 4 is 6.09 Å². The molecule has 0 bridgehead atoms. The Hall–Kier alpha value is -1.89. The molecule has 29 heavy (non-hydrogen) atoms. The number of carbonyl (C=O) groups is 1. The fourth-order valence-electron chi connectivity index (χ4n) is 3.93. The normalized spacial score (nSPS) is 23.1. The van der Waals surface area contributed by atoms with Crippen molar-refractivity contribution in [3.05, 3.63) is 48.0 Å². The largest absolute Gasteiger partial charge is 0.444 e. The van der Waals surface area contributed by atoms with E-state index < -0.39 is 30.4 Å². The van der Waals surface area contributed by atoms with Crippen LogP contribution in [0.2, 0.25) is 0 Å². The van der Waals surface area contributed by atoms with Gasteiger partial charge in [-0.05, 0) is 45.6 Å². The standard InChI is InChI=1S/C23H35NO5/c1-16(2)19-13-24(22(27)29-23(3,4)5)21(20(26)14-25)18(19)11-12-28-15-17-9-7-6-8-10-17/h6-10,18-21,25-26H,1,11-15H2,2-5H3/t18-,19+,20+,21-/m0/s1. The molecule has 1 aliphatic heterocycles. The average molecular weight is 406 g/mol. The van der Waals surface area contributed by atoms with Crippen molar-refractivity contribution in [1.82, 2.24) is 4.90 Å². The fraction of sp³-hybridized carbons (Fsp3) is 0.609. The van der Waals surface area contributed by atoms with Gasteiger partial charge in [0.05, 0.1) is 25.4 Å². The van der Waals surface area contributed by atoms with Crippen molar-refractivity contribution in [2.45, 2.75) is 58.5 Å². The highest BCUT2D eigenvalue weighted by atomic mass is 16.6. The molecule has 1 heterocycles. The smallest absolute Gasteiger partial charge is 0.410 e. The number of nitrogens with zero attached hydrogens (tertiary/aromatic N) is 1. The molecule has 0 aliphatic carbocycles. The van der Waals surface area contributed by atoms with E-state index in [2.05, 4.69) is 6.58 Å². The molecule has 2 rings (SSSR count). The fourth-order valence-corrected chi connectivity index (χ4v) is 3.93. The lowest BCUT2D eigenvalue weighted by molar-refractivity contribution is -0.0179. The quantitative estimate of drug-likeness (QED) is 0.512. The third-order valence-electron chi connectivity index (χ3n) is 5.26. The number of aliphatic hydroxyl groups is 2. The van der Waals surface area contributed by atoms with Crippen LogP contribution >= 0.6 is 0 Å². The zero-order chi connectivity index (χ0) is 21.6. The molecule has 2 N–H and O–H groups in total. The summed E-state index contributed by atoms with van der Waals surface area (Å²) in [6.45, 7) is 12.4. The second kappa shape index (κ2) is 10.2. The molecule has 0 saturated carbocycles. The molecular weight excluding hydrogens is 370 g/mol. The van der Waals surface area contributed by atoms with Crippen LogP contribution in [-0.2, 0) is 16.1 Å². The Balaban J connectivity index is 2.10. The van der Waals surface area contributed by atoms with E-state index >= 15 is 0 Å². The van der Waals surface area contributed by atoms with Gasteiger partial charge < -0.3 is 24.6 Å². The Morgan fingerprint density at radius 1 is 1.31 bits per heavy atom. The Morgan fingerprint density at radius 3 is 2.52 bits per heavy atom. The van der Waals surface area contributed by atoms with E-state index in [1.54, 1.807) is 4.90 Å². The van der Waals surface area contributed by atoms with Crippen molar-refractivity contribution < 1.29 is 24.5 Å². The lowest BCUT2D eigenvalue weighted by atomic mass is 9.82. The molecular formula is C23H35NO5. The van der Waals surface area contributed by atoms with Crippen LogP contribution in [-0.4, -0.2) is 58.7 Å². The Bertz CT molecular complexity index is 670. The van der Waals surface area contributed by atoms with Crippen LogP contribution in [0.5, 0.6) is 0 Å². The molecule has 6 heteroatoms. The minimum absolute atomic E-state index is 0.00837. The number of hydrogen-bond donors (Lipinski definition) is 2. The molecule has 0 spiro atoms.